The Labute approximate surface area is 79.2 Å². The van der Waals surface area contributed by atoms with Crippen molar-refractivity contribution in [3.63, 3.8) is 0 Å². The summed E-state index contributed by atoms with van der Waals surface area (Å²) in [6.45, 7) is 3.01. The molecule has 0 saturated carbocycles. The molecular weight excluding hydrogens is 224 g/mol. The first-order valence-corrected chi connectivity index (χ1v) is 5.11. The van der Waals surface area contributed by atoms with Gasteiger partial charge in [-0.05, 0) is 29.9 Å². The lowest BCUT2D eigenvalue weighted by atomic mass is 10.3. The summed E-state index contributed by atoms with van der Waals surface area (Å²) in [5, 5.41) is 4.22. The SMILES string of the molecule is CNCCc1nc(C)sc1Br. The van der Waals surface area contributed by atoms with E-state index >= 15 is 0 Å². The zero-order chi connectivity index (χ0) is 8.27. The van der Waals surface area contributed by atoms with E-state index in [0.29, 0.717) is 0 Å². The lowest BCUT2D eigenvalue weighted by Gasteiger charge is -1.94. The summed E-state index contributed by atoms with van der Waals surface area (Å²) < 4.78 is 1.17. The average Bonchev–Trinajstić information content (AvgIpc) is 2.26. The molecule has 0 aliphatic rings. The highest BCUT2D eigenvalue weighted by atomic mass is 79.9. The van der Waals surface area contributed by atoms with E-state index in [1.165, 1.54) is 9.48 Å². The van der Waals surface area contributed by atoms with Gasteiger partial charge in [-0.25, -0.2) is 4.98 Å². The molecule has 0 unspecified atom stereocenters. The Morgan fingerprint density at radius 1 is 1.64 bits per heavy atom. The second-order valence-electron chi connectivity index (χ2n) is 2.31. The summed E-state index contributed by atoms with van der Waals surface area (Å²) in [5.41, 5.74) is 1.17. The minimum Gasteiger partial charge on any atom is -0.319 e. The predicted octanol–water partition coefficient (Wildman–Crippen LogP) is 1.98. The molecule has 0 amide bonds. The number of aromatic nitrogens is 1. The van der Waals surface area contributed by atoms with Gasteiger partial charge in [0.05, 0.1) is 14.5 Å². The van der Waals surface area contributed by atoms with Gasteiger partial charge in [-0.1, -0.05) is 0 Å². The molecule has 0 spiro atoms. The molecule has 0 atom stereocenters. The van der Waals surface area contributed by atoms with E-state index < -0.39 is 0 Å². The van der Waals surface area contributed by atoms with Crippen molar-refractivity contribution in [1.29, 1.82) is 0 Å². The minimum absolute atomic E-state index is 0.988. The Hall–Kier alpha value is 0.0700. The molecule has 62 valence electrons. The highest BCUT2D eigenvalue weighted by Crippen LogP contribution is 2.24. The summed E-state index contributed by atoms with van der Waals surface area (Å²) in [5.74, 6) is 0. The number of nitrogens with zero attached hydrogens (tertiary/aromatic N) is 1. The number of aryl methyl sites for hydroxylation is 1. The van der Waals surface area contributed by atoms with Crippen molar-refractivity contribution in [2.75, 3.05) is 13.6 Å². The standard InChI is InChI=1S/C7H11BrN2S/c1-5-10-6(3-4-9-2)7(8)11-5/h9H,3-4H2,1-2H3. The molecule has 0 aromatic carbocycles. The van der Waals surface area contributed by atoms with Crippen molar-refractivity contribution in [2.45, 2.75) is 13.3 Å². The monoisotopic (exact) mass is 234 g/mol. The Morgan fingerprint density at radius 2 is 2.36 bits per heavy atom. The first kappa shape index (κ1) is 9.16. The largest absolute Gasteiger partial charge is 0.319 e. The van der Waals surface area contributed by atoms with E-state index in [9.17, 15) is 0 Å². The molecule has 0 radical (unpaired) electrons. The van der Waals surface area contributed by atoms with Crippen LogP contribution in [0.4, 0.5) is 0 Å². The predicted molar refractivity (Wildman–Crippen MR) is 52.2 cm³/mol. The van der Waals surface area contributed by atoms with Crippen LogP contribution < -0.4 is 5.32 Å². The number of rotatable bonds is 3. The fourth-order valence-corrected chi connectivity index (χ4v) is 2.51. The third kappa shape index (κ3) is 2.54. The van der Waals surface area contributed by atoms with Gasteiger partial charge in [0, 0.05) is 13.0 Å². The third-order valence-electron chi connectivity index (χ3n) is 1.37. The molecule has 2 nitrogen and oxygen atoms in total. The molecule has 0 bridgehead atoms. The summed E-state index contributed by atoms with van der Waals surface area (Å²) in [6, 6.07) is 0. The van der Waals surface area contributed by atoms with E-state index in [2.05, 4.69) is 26.2 Å². The molecule has 0 saturated heterocycles. The maximum atomic E-state index is 4.38. The zero-order valence-electron chi connectivity index (χ0n) is 6.65. The molecule has 1 aromatic rings. The topological polar surface area (TPSA) is 24.9 Å². The molecule has 4 heteroatoms. The first-order chi connectivity index (χ1) is 5.24. The van der Waals surface area contributed by atoms with Crippen LogP contribution in [0.2, 0.25) is 0 Å². The van der Waals surface area contributed by atoms with Crippen LogP contribution in [0.15, 0.2) is 3.79 Å². The van der Waals surface area contributed by atoms with Gasteiger partial charge in [0.15, 0.2) is 0 Å². The van der Waals surface area contributed by atoms with E-state index in [4.69, 9.17) is 0 Å². The van der Waals surface area contributed by atoms with Gasteiger partial charge in [0.25, 0.3) is 0 Å². The second-order valence-corrected chi connectivity index (χ2v) is 4.83. The van der Waals surface area contributed by atoms with E-state index in [1.54, 1.807) is 11.3 Å². The van der Waals surface area contributed by atoms with Crippen LogP contribution in [-0.4, -0.2) is 18.6 Å². The smallest absolute Gasteiger partial charge is 0.0932 e. The second kappa shape index (κ2) is 4.18. The van der Waals surface area contributed by atoms with Crippen molar-refractivity contribution >= 4 is 27.3 Å². The van der Waals surface area contributed by atoms with Gasteiger partial charge < -0.3 is 5.32 Å². The quantitative estimate of drug-likeness (QED) is 0.866. The summed E-state index contributed by atoms with van der Waals surface area (Å²) in [7, 11) is 1.95. The first-order valence-electron chi connectivity index (χ1n) is 3.50. The maximum Gasteiger partial charge on any atom is 0.0932 e. The number of hydrogen-bond acceptors (Lipinski definition) is 3. The van der Waals surface area contributed by atoms with Crippen molar-refractivity contribution < 1.29 is 0 Å². The molecule has 1 heterocycles. The third-order valence-corrected chi connectivity index (χ3v) is 3.11. The van der Waals surface area contributed by atoms with Crippen LogP contribution in [0.1, 0.15) is 10.7 Å². The Morgan fingerprint density at radius 3 is 2.82 bits per heavy atom. The molecule has 1 rings (SSSR count). The zero-order valence-corrected chi connectivity index (χ0v) is 9.05. The number of nitrogens with one attached hydrogen (secondary N) is 1. The van der Waals surface area contributed by atoms with Crippen LogP contribution >= 0.6 is 27.3 Å². The van der Waals surface area contributed by atoms with Crippen molar-refractivity contribution in [3.05, 3.63) is 14.5 Å². The molecule has 0 fully saturated rings. The molecule has 11 heavy (non-hydrogen) atoms. The fourth-order valence-electron chi connectivity index (χ4n) is 0.843. The van der Waals surface area contributed by atoms with E-state index in [1.807, 2.05) is 14.0 Å². The number of likely N-dealkylation sites (N-methyl/N-ethyl adjacent to an activating group) is 1. The van der Waals surface area contributed by atoms with E-state index in [-0.39, 0.29) is 0 Å². The molecule has 1 aromatic heterocycles. The Kier molecular flexibility index (Phi) is 3.48. The van der Waals surface area contributed by atoms with Gasteiger partial charge in [0.2, 0.25) is 0 Å². The highest BCUT2D eigenvalue weighted by molar-refractivity contribution is 9.11. The van der Waals surface area contributed by atoms with Crippen LogP contribution in [0.5, 0.6) is 0 Å². The van der Waals surface area contributed by atoms with Gasteiger partial charge in [-0.15, -0.1) is 11.3 Å². The normalized spacial score (nSPS) is 10.5. The van der Waals surface area contributed by atoms with Gasteiger partial charge >= 0.3 is 0 Å². The van der Waals surface area contributed by atoms with Crippen LogP contribution in [0.25, 0.3) is 0 Å². The molecule has 1 N–H and O–H groups in total. The highest BCUT2D eigenvalue weighted by Gasteiger charge is 2.04. The lowest BCUT2D eigenvalue weighted by Crippen LogP contribution is -2.10. The van der Waals surface area contributed by atoms with Gasteiger partial charge in [-0.2, -0.15) is 0 Å². The average molecular weight is 235 g/mol. The Bertz CT molecular complexity index is 234. The maximum absolute atomic E-state index is 4.38. The molecule has 0 aliphatic carbocycles. The van der Waals surface area contributed by atoms with Crippen molar-refractivity contribution in [3.8, 4) is 0 Å². The fraction of sp³-hybridized carbons (Fsp3) is 0.571. The van der Waals surface area contributed by atoms with E-state index in [0.717, 1.165) is 18.0 Å². The summed E-state index contributed by atoms with van der Waals surface area (Å²) in [4.78, 5) is 4.38. The van der Waals surface area contributed by atoms with Gasteiger partial charge in [-0.3, -0.25) is 0 Å². The van der Waals surface area contributed by atoms with Crippen LogP contribution in [0, 0.1) is 6.92 Å². The van der Waals surface area contributed by atoms with Crippen molar-refractivity contribution in [2.24, 2.45) is 0 Å². The Balaban J connectivity index is 2.62. The van der Waals surface area contributed by atoms with Gasteiger partial charge in [0.1, 0.15) is 0 Å². The van der Waals surface area contributed by atoms with Crippen LogP contribution in [0.3, 0.4) is 0 Å². The van der Waals surface area contributed by atoms with Crippen molar-refractivity contribution in [1.82, 2.24) is 10.3 Å². The lowest BCUT2D eigenvalue weighted by molar-refractivity contribution is 0.777. The molecule has 0 aliphatic heterocycles. The summed E-state index contributed by atoms with van der Waals surface area (Å²) >= 11 is 5.17. The number of halogens is 1. The minimum atomic E-state index is 0.988. The summed E-state index contributed by atoms with van der Waals surface area (Å²) in [6.07, 6.45) is 1.00. The number of hydrogen-bond donors (Lipinski definition) is 1. The number of thiazole rings is 1. The molecular formula is C7H11BrN2S. The van der Waals surface area contributed by atoms with Crippen LogP contribution in [-0.2, 0) is 6.42 Å².